The number of aromatic nitrogens is 5. The number of hydrogen-bond donors (Lipinski definition) is 1. The van der Waals surface area contributed by atoms with Crippen molar-refractivity contribution in [2.45, 2.75) is 39.7 Å². The molecule has 7 nitrogen and oxygen atoms in total. The number of nitrogens with one attached hydrogen (secondary N) is 1. The van der Waals surface area contributed by atoms with Crippen molar-refractivity contribution in [1.29, 1.82) is 0 Å². The van der Waals surface area contributed by atoms with Crippen molar-refractivity contribution >= 4 is 16.7 Å². The topological polar surface area (TPSA) is 79.8 Å². The van der Waals surface area contributed by atoms with Crippen LogP contribution in [0.15, 0.2) is 0 Å². The van der Waals surface area contributed by atoms with Crippen LogP contribution in [0.4, 0.5) is 5.13 Å². The van der Waals surface area contributed by atoms with E-state index in [1.54, 1.807) is 0 Å². The summed E-state index contributed by atoms with van der Waals surface area (Å²) >= 11 is 1.47. The molecule has 0 amide bonds. The number of hydrogen-bond acceptors (Lipinski definition) is 7. The minimum atomic E-state index is -0.109. The van der Waals surface area contributed by atoms with Crippen LogP contribution in [0.1, 0.15) is 44.3 Å². The lowest BCUT2D eigenvalue weighted by atomic mass is 10.1. The summed E-state index contributed by atoms with van der Waals surface area (Å²) in [4.78, 5) is 11.3. The summed E-state index contributed by atoms with van der Waals surface area (Å²) in [6, 6.07) is 0. The number of nitrogens with zero attached hydrogens (tertiary/aromatic N) is 5. The molecular weight excluding hydrogens is 300 g/mol. The van der Waals surface area contributed by atoms with Gasteiger partial charge in [-0.1, -0.05) is 20.8 Å². The summed E-state index contributed by atoms with van der Waals surface area (Å²) in [5, 5.41) is 8.18. The minimum Gasteiger partial charge on any atom is -0.366 e. The molecule has 0 aromatic carbocycles. The van der Waals surface area contributed by atoms with Gasteiger partial charge in [-0.15, -0.1) is 0 Å². The van der Waals surface area contributed by atoms with E-state index >= 15 is 0 Å². The molecule has 1 saturated heterocycles. The fourth-order valence-corrected chi connectivity index (χ4v) is 3.14. The second-order valence-corrected chi connectivity index (χ2v) is 6.62. The Kier molecular flexibility index (Phi) is 4.68. The molecule has 0 radical (unpaired) electrons. The molecule has 1 N–H and O–H groups in total. The van der Waals surface area contributed by atoms with Gasteiger partial charge in [0.25, 0.3) is 0 Å². The van der Waals surface area contributed by atoms with Gasteiger partial charge in [0.1, 0.15) is 17.8 Å². The molecule has 3 heterocycles. The largest absolute Gasteiger partial charge is 0.366 e. The Labute approximate surface area is 134 Å². The molecule has 120 valence electrons. The molecule has 8 heteroatoms. The number of aryl methyl sites for hydroxylation is 1. The summed E-state index contributed by atoms with van der Waals surface area (Å²) in [6.07, 6.45) is 1.66. The maximum atomic E-state index is 5.81. The van der Waals surface area contributed by atoms with Gasteiger partial charge in [0, 0.05) is 30.9 Å². The highest BCUT2D eigenvalue weighted by atomic mass is 32.1. The number of rotatable bonds is 5. The first-order valence-corrected chi connectivity index (χ1v) is 8.53. The molecule has 3 rings (SSSR count). The Morgan fingerprint density at radius 1 is 1.41 bits per heavy atom. The monoisotopic (exact) mass is 322 g/mol. The lowest BCUT2D eigenvalue weighted by Crippen LogP contribution is -2.38. The smallest absolute Gasteiger partial charge is 0.205 e. The predicted octanol–water partition coefficient (Wildman–Crippen LogP) is 1.99. The maximum absolute atomic E-state index is 5.81. The third kappa shape index (κ3) is 3.44. The van der Waals surface area contributed by atoms with E-state index in [1.165, 1.54) is 11.5 Å². The summed E-state index contributed by atoms with van der Waals surface area (Å²) < 4.78 is 10.3. The number of aromatic amines is 1. The first kappa shape index (κ1) is 15.4. The fraction of sp³-hybridized carbons (Fsp3) is 0.714. The Balaban J connectivity index is 1.68. The molecule has 0 saturated carbocycles. The number of anilines is 1. The summed E-state index contributed by atoms with van der Waals surface area (Å²) in [7, 11) is 0. The highest BCUT2D eigenvalue weighted by molar-refractivity contribution is 7.09. The molecule has 1 atom stereocenters. The van der Waals surface area contributed by atoms with Gasteiger partial charge in [-0.2, -0.15) is 9.47 Å². The van der Waals surface area contributed by atoms with Gasteiger partial charge in [0.2, 0.25) is 5.13 Å². The van der Waals surface area contributed by atoms with Crippen LogP contribution in [0.2, 0.25) is 0 Å². The van der Waals surface area contributed by atoms with Crippen LogP contribution in [0.25, 0.3) is 0 Å². The van der Waals surface area contributed by atoms with E-state index in [9.17, 15) is 0 Å². The summed E-state index contributed by atoms with van der Waals surface area (Å²) in [6.45, 7) is 8.62. The van der Waals surface area contributed by atoms with Crippen LogP contribution in [-0.2, 0) is 17.6 Å². The van der Waals surface area contributed by atoms with Crippen molar-refractivity contribution in [3.05, 3.63) is 17.5 Å². The quantitative estimate of drug-likeness (QED) is 0.907. The summed E-state index contributed by atoms with van der Waals surface area (Å²) in [5.74, 6) is 3.13. The lowest BCUT2D eigenvalue weighted by molar-refractivity contribution is 0.0342. The molecule has 0 aliphatic carbocycles. The zero-order valence-electron chi connectivity index (χ0n) is 13.2. The van der Waals surface area contributed by atoms with Crippen molar-refractivity contribution in [3.8, 4) is 0 Å². The van der Waals surface area contributed by atoms with Crippen molar-refractivity contribution in [3.63, 3.8) is 0 Å². The lowest BCUT2D eigenvalue weighted by Gasteiger charge is -2.30. The van der Waals surface area contributed by atoms with Crippen LogP contribution in [0, 0.1) is 5.92 Å². The average Bonchev–Trinajstić information content (AvgIpc) is 3.15. The van der Waals surface area contributed by atoms with Crippen molar-refractivity contribution < 1.29 is 4.74 Å². The van der Waals surface area contributed by atoms with E-state index in [0.29, 0.717) is 12.5 Å². The first-order valence-electron chi connectivity index (χ1n) is 7.76. The molecule has 1 aliphatic heterocycles. The van der Waals surface area contributed by atoms with Gasteiger partial charge < -0.3 is 9.64 Å². The SMILES string of the molecule is CCc1nc([C@H]2CN(c3nc(CC(C)C)ns3)CCO2)n[nH]1. The number of ether oxygens (including phenoxy) is 1. The van der Waals surface area contributed by atoms with E-state index in [-0.39, 0.29) is 6.10 Å². The highest BCUT2D eigenvalue weighted by Crippen LogP contribution is 2.26. The molecule has 22 heavy (non-hydrogen) atoms. The molecule has 0 spiro atoms. The molecule has 2 aromatic heterocycles. The van der Waals surface area contributed by atoms with E-state index in [1.807, 2.05) is 0 Å². The molecule has 0 bridgehead atoms. The van der Waals surface area contributed by atoms with Gasteiger partial charge in [0.15, 0.2) is 5.82 Å². The van der Waals surface area contributed by atoms with E-state index in [0.717, 1.165) is 48.5 Å². The van der Waals surface area contributed by atoms with Gasteiger partial charge in [-0.25, -0.2) is 9.97 Å². The maximum Gasteiger partial charge on any atom is 0.205 e. The van der Waals surface area contributed by atoms with Crippen molar-refractivity contribution in [2.75, 3.05) is 24.6 Å². The Hall–Kier alpha value is -1.54. The highest BCUT2D eigenvalue weighted by Gasteiger charge is 2.27. The second-order valence-electron chi connectivity index (χ2n) is 5.89. The number of morpholine rings is 1. The zero-order chi connectivity index (χ0) is 15.5. The fourth-order valence-electron chi connectivity index (χ4n) is 2.41. The van der Waals surface area contributed by atoms with Crippen LogP contribution < -0.4 is 4.90 Å². The van der Waals surface area contributed by atoms with E-state index in [2.05, 4.69) is 50.2 Å². The summed E-state index contributed by atoms with van der Waals surface area (Å²) in [5.41, 5.74) is 0. The van der Waals surface area contributed by atoms with Gasteiger partial charge >= 0.3 is 0 Å². The van der Waals surface area contributed by atoms with Crippen molar-refractivity contribution in [1.82, 2.24) is 24.5 Å². The third-order valence-electron chi connectivity index (χ3n) is 3.56. The molecule has 1 fully saturated rings. The zero-order valence-corrected chi connectivity index (χ0v) is 14.1. The number of H-pyrrole nitrogens is 1. The standard InChI is InChI=1S/C14H22N6OS/c1-4-11-15-13(18-17-11)10-8-20(5-6-21-10)14-16-12(19-22-14)7-9(2)3/h9-10H,4-8H2,1-3H3,(H,15,17,18)/t10-/m1/s1. The Morgan fingerprint density at radius 2 is 2.27 bits per heavy atom. The van der Waals surface area contributed by atoms with Crippen LogP contribution in [0.3, 0.4) is 0 Å². The van der Waals surface area contributed by atoms with Crippen LogP contribution in [-0.4, -0.2) is 44.2 Å². The predicted molar refractivity (Wildman–Crippen MR) is 85.1 cm³/mol. The first-order chi connectivity index (χ1) is 10.7. The van der Waals surface area contributed by atoms with Crippen molar-refractivity contribution in [2.24, 2.45) is 5.92 Å². The van der Waals surface area contributed by atoms with Crippen LogP contribution in [0.5, 0.6) is 0 Å². The Morgan fingerprint density at radius 3 is 3.00 bits per heavy atom. The molecule has 0 unspecified atom stereocenters. The second kappa shape index (κ2) is 6.70. The third-order valence-corrected chi connectivity index (χ3v) is 4.37. The minimum absolute atomic E-state index is 0.109. The van der Waals surface area contributed by atoms with E-state index < -0.39 is 0 Å². The van der Waals surface area contributed by atoms with Crippen LogP contribution >= 0.6 is 11.5 Å². The molecule has 2 aromatic rings. The van der Waals surface area contributed by atoms with Gasteiger partial charge in [-0.3, -0.25) is 5.10 Å². The molecular formula is C14H22N6OS. The van der Waals surface area contributed by atoms with Gasteiger partial charge in [0.05, 0.1) is 13.2 Å². The normalized spacial score (nSPS) is 19.1. The molecule has 1 aliphatic rings. The van der Waals surface area contributed by atoms with E-state index in [4.69, 9.17) is 4.74 Å². The Bertz CT molecular complexity index is 610. The average molecular weight is 322 g/mol. The van der Waals surface area contributed by atoms with Gasteiger partial charge in [-0.05, 0) is 5.92 Å².